The predicted octanol–water partition coefficient (Wildman–Crippen LogP) is 3.71. The molecule has 152 valence electrons. The number of nitrogens with one attached hydrogen (secondary N) is 2. The van der Waals surface area contributed by atoms with Gasteiger partial charge in [-0.05, 0) is 12.1 Å². The lowest BCUT2D eigenvalue weighted by molar-refractivity contribution is -0.385. The molecule has 2 N–H and O–H groups in total. The van der Waals surface area contributed by atoms with E-state index >= 15 is 0 Å². The number of anilines is 1. The molecule has 0 bridgehead atoms. The molecular formula is C14H11Cl2F3N4O4S. The molecule has 0 spiro atoms. The number of nitrogens with zero attached hydrogens (tertiary/aromatic N) is 2. The molecule has 2 aromatic rings. The first-order chi connectivity index (χ1) is 12.9. The number of pyridine rings is 1. The second-order valence-corrected chi connectivity index (χ2v) is 7.80. The molecule has 1 heterocycles. The van der Waals surface area contributed by atoms with Crippen LogP contribution in [0.5, 0.6) is 0 Å². The molecule has 0 aliphatic carbocycles. The maximum Gasteiger partial charge on any atom is 0.417 e. The van der Waals surface area contributed by atoms with Crippen molar-refractivity contribution in [1.29, 1.82) is 0 Å². The molecule has 8 nitrogen and oxygen atoms in total. The van der Waals surface area contributed by atoms with Gasteiger partial charge in [-0.1, -0.05) is 23.2 Å². The zero-order valence-electron chi connectivity index (χ0n) is 13.6. The van der Waals surface area contributed by atoms with E-state index in [-0.39, 0.29) is 29.0 Å². The average Bonchev–Trinajstić information content (AvgIpc) is 2.58. The van der Waals surface area contributed by atoms with E-state index in [0.717, 1.165) is 18.2 Å². The van der Waals surface area contributed by atoms with E-state index in [4.69, 9.17) is 23.2 Å². The second-order valence-electron chi connectivity index (χ2n) is 5.25. The van der Waals surface area contributed by atoms with E-state index in [0.29, 0.717) is 12.3 Å². The number of nitro groups is 1. The molecule has 0 saturated heterocycles. The highest BCUT2D eigenvalue weighted by Gasteiger charge is 2.31. The van der Waals surface area contributed by atoms with Crippen molar-refractivity contribution in [2.75, 3.05) is 18.4 Å². The quantitative estimate of drug-likeness (QED) is 0.371. The van der Waals surface area contributed by atoms with Gasteiger partial charge in [-0.15, -0.1) is 0 Å². The van der Waals surface area contributed by atoms with Crippen LogP contribution in [0, 0.1) is 10.1 Å². The fraction of sp³-hybridized carbons (Fsp3) is 0.214. The van der Waals surface area contributed by atoms with E-state index in [1.807, 2.05) is 0 Å². The summed E-state index contributed by atoms with van der Waals surface area (Å²) in [6.07, 6.45) is -4.01. The standard InChI is InChI=1S/C14H11Cl2F3N4O4S/c15-10-2-1-9(23(24)25)6-12(10)28(26,27)22-4-3-20-13-11(16)5-8(7-21-13)14(17,18)19/h1-2,5-7,22H,3-4H2,(H,20,21). The maximum absolute atomic E-state index is 12.6. The van der Waals surface area contributed by atoms with Crippen molar-refractivity contribution in [1.82, 2.24) is 9.71 Å². The molecule has 2 rings (SSSR count). The number of benzene rings is 1. The van der Waals surface area contributed by atoms with Crippen molar-refractivity contribution in [3.8, 4) is 0 Å². The van der Waals surface area contributed by atoms with Gasteiger partial charge < -0.3 is 5.32 Å². The van der Waals surface area contributed by atoms with E-state index in [9.17, 15) is 31.7 Å². The maximum atomic E-state index is 12.6. The Morgan fingerprint density at radius 2 is 1.82 bits per heavy atom. The summed E-state index contributed by atoms with van der Waals surface area (Å²) >= 11 is 11.5. The normalized spacial score (nSPS) is 12.0. The summed E-state index contributed by atoms with van der Waals surface area (Å²) in [5.41, 5.74) is -1.48. The third-order valence-electron chi connectivity index (χ3n) is 3.29. The Balaban J connectivity index is 2.02. The van der Waals surface area contributed by atoms with Crippen molar-refractivity contribution in [3.63, 3.8) is 0 Å². The van der Waals surface area contributed by atoms with Gasteiger partial charge in [0.15, 0.2) is 0 Å². The van der Waals surface area contributed by atoms with Crippen molar-refractivity contribution in [2.45, 2.75) is 11.1 Å². The SMILES string of the molecule is O=[N+]([O-])c1ccc(Cl)c(S(=O)(=O)NCCNc2ncc(C(F)(F)F)cc2Cl)c1. The molecule has 0 saturated carbocycles. The Hall–Kier alpha value is -2.15. The number of alkyl halides is 3. The van der Waals surface area contributed by atoms with Crippen molar-refractivity contribution >= 4 is 44.7 Å². The minimum atomic E-state index is -4.59. The second kappa shape index (κ2) is 8.47. The summed E-state index contributed by atoms with van der Waals surface area (Å²) in [6, 6.07) is 3.63. The number of sulfonamides is 1. The van der Waals surface area contributed by atoms with Crippen LogP contribution in [0.15, 0.2) is 35.4 Å². The van der Waals surface area contributed by atoms with Crippen LogP contribution in [0.4, 0.5) is 24.7 Å². The molecule has 0 unspecified atom stereocenters. The van der Waals surface area contributed by atoms with Gasteiger partial charge in [0.05, 0.1) is 20.5 Å². The van der Waals surface area contributed by atoms with Crippen LogP contribution in [0.1, 0.15) is 5.56 Å². The Morgan fingerprint density at radius 3 is 2.39 bits per heavy atom. The van der Waals surface area contributed by atoms with Gasteiger partial charge in [0.2, 0.25) is 10.0 Å². The number of non-ortho nitro benzene ring substituents is 1. The van der Waals surface area contributed by atoms with Gasteiger partial charge in [-0.25, -0.2) is 18.1 Å². The molecular weight excluding hydrogens is 448 g/mol. The topological polar surface area (TPSA) is 114 Å². The molecule has 0 amide bonds. The zero-order valence-corrected chi connectivity index (χ0v) is 16.0. The summed E-state index contributed by atoms with van der Waals surface area (Å²) in [4.78, 5) is 13.1. The first kappa shape index (κ1) is 22.1. The third-order valence-corrected chi connectivity index (χ3v) is 5.52. The highest BCUT2D eigenvalue weighted by molar-refractivity contribution is 7.89. The van der Waals surface area contributed by atoms with E-state index in [2.05, 4.69) is 15.0 Å². The van der Waals surface area contributed by atoms with Crippen LogP contribution in [0.2, 0.25) is 10.0 Å². The van der Waals surface area contributed by atoms with Crippen molar-refractivity contribution in [2.24, 2.45) is 0 Å². The molecule has 0 fully saturated rings. The van der Waals surface area contributed by atoms with Gasteiger partial charge >= 0.3 is 6.18 Å². The van der Waals surface area contributed by atoms with E-state index in [1.54, 1.807) is 0 Å². The summed E-state index contributed by atoms with van der Waals surface area (Å²) < 4.78 is 64.3. The minimum Gasteiger partial charge on any atom is -0.368 e. The Kier molecular flexibility index (Phi) is 6.70. The van der Waals surface area contributed by atoms with Gasteiger partial charge in [0.1, 0.15) is 10.7 Å². The highest BCUT2D eigenvalue weighted by Crippen LogP contribution is 2.32. The average molecular weight is 459 g/mol. The number of hydrogen-bond acceptors (Lipinski definition) is 6. The largest absolute Gasteiger partial charge is 0.417 e. The summed E-state index contributed by atoms with van der Waals surface area (Å²) in [7, 11) is -4.17. The lowest BCUT2D eigenvalue weighted by Gasteiger charge is -2.12. The van der Waals surface area contributed by atoms with Gasteiger partial charge in [-0.3, -0.25) is 10.1 Å². The molecule has 1 aromatic carbocycles. The molecule has 14 heteroatoms. The van der Waals surface area contributed by atoms with Gasteiger partial charge in [0, 0.05) is 31.4 Å². The van der Waals surface area contributed by atoms with E-state index in [1.165, 1.54) is 0 Å². The van der Waals surface area contributed by atoms with E-state index < -0.39 is 37.3 Å². The van der Waals surface area contributed by atoms with Crippen molar-refractivity contribution < 1.29 is 26.5 Å². The number of nitro benzene ring substituents is 1. The molecule has 0 aliphatic rings. The zero-order chi connectivity index (χ0) is 21.1. The lowest BCUT2D eigenvalue weighted by Crippen LogP contribution is -2.29. The number of aromatic nitrogens is 1. The fourth-order valence-corrected chi connectivity index (χ4v) is 3.76. The Morgan fingerprint density at radius 1 is 1.14 bits per heavy atom. The van der Waals surface area contributed by atoms with Crippen LogP contribution in [0.3, 0.4) is 0 Å². The first-order valence-corrected chi connectivity index (χ1v) is 9.56. The number of rotatable bonds is 7. The smallest absolute Gasteiger partial charge is 0.368 e. The summed E-state index contributed by atoms with van der Waals surface area (Å²) in [5, 5.41) is 12.9. The number of halogens is 5. The lowest BCUT2D eigenvalue weighted by atomic mass is 10.3. The minimum absolute atomic E-state index is 0.0674. The van der Waals surface area contributed by atoms with Crippen LogP contribution in [0.25, 0.3) is 0 Å². The van der Waals surface area contributed by atoms with Crippen LogP contribution in [-0.2, 0) is 16.2 Å². The predicted molar refractivity (Wildman–Crippen MR) is 96.0 cm³/mol. The molecule has 1 aromatic heterocycles. The monoisotopic (exact) mass is 458 g/mol. The third kappa shape index (κ3) is 5.44. The molecule has 28 heavy (non-hydrogen) atoms. The summed E-state index contributed by atoms with van der Waals surface area (Å²) in [5.74, 6) is -0.0674. The molecule has 0 radical (unpaired) electrons. The molecule has 0 atom stereocenters. The first-order valence-electron chi connectivity index (χ1n) is 7.32. The summed E-state index contributed by atoms with van der Waals surface area (Å²) in [6.45, 7) is -0.301. The van der Waals surface area contributed by atoms with Crippen LogP contribution < -0.4 is 10.0 Å². The fourth-order valence-electron chi connectivity index (χ4n) is 1.98. The highest BCUT2D eigenvalue weighted by atomic mass is 35.5. The van der Waals surface area contributed by atoms with Gasteiger partial charge in [0.25, 0.3) is 5.69 Å². The van der Waals surface area contributed by atoms with Gasteiger partial charge in [-0.2, -0.15) is 13.2 Å². The van der Waals surface area contributed by atoms with Crippen LogP contribution >= 0.6 is 23.2 Å². The Labute approximate surface area is 166 Å². The Bertz CT molecular complexity index is 1000. The van der Waals surface area contributed by atoms with Crippen LogP contribution in [-0.4, -0.2) is 31.4 Å². The van der Waals surface area contributed by atoms with Crippen molar-refractivity contribution in [3.05, 3.63) is 56.2 Å². The molecule has 0 aliphatic heterocycles. The number of hydrogen-bond donors (Lipinski definition) is 2.